The molecule has 1 aliphatic rings. The van der Waals surface area contributed by atoms with Crippen molar-refractivity contribution in [1.82, 2.24) is 9.62 Å². The summed E-state index contributed by atoms with van der Waals surface area (Å²) >= 11 is 12.1. The van der Waals surface area contributed by atoms with Crippen LogP contribution in [0.25, 0.3) is 10.8 Å². The first-order valence-electron chi connectivity index (χ1n) is 10.5. The summed E-state index contributed by atoms with van der Waals surface area (Å²) < 4.78 is 27.4. The van der Waals surface area contributed by atoms with Crippen molar-refractivity contribution in [2.45, 2.75) is 30.7 Å². The van der Waals surface area contributed by atoms with E-state index in [0.717, 1.165) is 16.3 Å². The number of hydrogen-bond donors (Lipinski definition) is 1. The molecule has 5 nitrogen and oxygen atoms in total. The summed E-state index contributed by atoms with van der Waals surface area (Å²) in [6, 6.07) is 18.5. The molecule has 0 spiro atoms. The Morgan fingerprint density at radius 3 is 2.41 bits per heavy atom. The number of sulfonamides is 1. The van der Waals surface area contributed by atoms with E-state index in [1.807, 2.05) is 25.1 Å². The lowest BCUT2D eigenvalue weighted by Gasteiger charge is -2.31. The molecule has 168 valence electrons. The highest BCUT2D eigenvalue weighted by Crippen LogP contribution is 2.30. The topological polar surface area (TPSA) is 66.5 Å². The van der Waals surface area contributed by atoms with Crippen molar-refractivity contribution in [3.8, 4) is 0 Å². The molecule has 1 heterocycles. The SMILES string of the molecule is CC(NC(=O)C1CCN(S(=O)(=O)c2cc(Cl)ccc2Cl)CC1)c1ccc2ccccc2c1. The molecule has 0 saturated carbocycles. The molecule has 1 fully saturated rings. The lowest BCUT2D eigenvalue weighted by Crippen LogP contribution is -2.43. The van der Waals surface area contributed by atoms with Crippen molar-refractivity contribution >= 4 is 49.9 Å². The van der Waals surface area contributed by atoms with Crippen LogP contribution in [0.15, 0.2) is 65.6 Å². The molecule has 1 amide bonds. The molecular formula is C24H24Cl2N2O3S. The Morgan fingerprint density at radius 2 is 1.69 bits per heavy atom. The zero-order chi connectivity index (χ0) is 22.9. The average molecular weight is 491 g/mol. The maximum absolute atomic E-state index is 13.0. The number of rotatable bonds is 5. The maximum atomic E-state index is 13.0. The first-order chi connectivity index (χ1) is 15.3. The quantitative estimate of drug-likeness (QED) is 0.518. The number of carbonyl (C=O) groups excluding carboxylic acids is 1. The van der Waals surface area contributed by atoms with Crippen LogP contribution in [0.3, 0.4) is 0 Å². The van der Waals surface area contributed by atoms with Gasteiger partial charge in [-0.1, -0.05) is 59.6 Å². The summed E-state index contributed by atoms with van der Waals surface area (Å²) in [6.07, 6.45) is 0.904. The van der Waals surface area contributed by atoms with E-state index in [2.05, 4.69) is 29.6 Å². The molecule has 1 saturated heterocycles. The highest BCUT2D eigenvalue weighted by Gasteiger charge is 2.33. The monoisotopic (exact) mass is 490 g/mol. The molecule has 1 atom stereocenters. The number of hydrogen-bond acceptors (Lipinski definition) is 3. The molecule has 3 aromatic carbocycles. The number of carbonyl (C=O) groups is 1. The van der Waals surface area contributed by atoms with Crippen LogP contribution >= 0.6 is 23.2 Å². The molecule has 4 rings (SSSR count). The minimum absolute atomic E-state index is 0.000468. The lowest BCUT2D eigenvalue weighted by molar-refractivity contribution is -0.126. The van der Waals surface area contributed by atoms with Crippen molar-refractivity contribution in [2.75, 3.05) is 13.1 Å². The predicted octanol–water partition coefficient (Wildman–Crippen LogP) is 5.42. The summed E-state index contributed by atoms with van der Waals surface area (Å²) in [5.41, 5.74) is 1.03. The van der Waals surface area contributed by atoms with Crippen LogP contribution in [0, 0.1) is 5.92 Å². The van der Waals surface area contributed by atoms with Gasteiger partial charge in [0.15, 0.2) is 0 Å². The van der Waals surface area contributed by atoms with Crippen LogP contribution in [0.2, 0.25) is 10.0 Å². The van der Waals surface area contributed by atoms with Crippen LogP contribution in [0.1, 0.15) is 31.4 Å². The Bertz CT molecular complexity index is 1260. The van der Waals surface area contributed by atoms with Crippen molar-refractivity contribution < 1.29 is 13.2 Å². The minimum Gasteiger partial charge on any atom is -0.349 e. The third-order valence-electron chi connectivity index (χ3n) is 5.97. The second-order valence-corrected chi connectivity index (χ2v) is 10.8. The van der Waals surface area contributed by atoms with E-state index in [9.17, 15) is 13.2 Å². The summed E-state index contributed by atoms with van der Waals surface area (Å²) in [4.78, 5) is 12.9. The Kier molecular flexibility index (Phi) is 6.77. The fourth-order valence-electron chi connectivity index (χ4n) is 4.06. The predicted molar refractivity (Wildman–Crippen MR) is 128 cm³/mol. The number of nitrogens with one attached hydrogen (secondary N) is 1. The van der Waals surface area contributed by atoms with E-state index in [1.54, 1.807) is 6.07 Å². The van der Waals surface area contributed by atoms with E-state index in [0.29, 0.717) is 17.9 Å². The van der Waals surface area contributed by atoms with E-state index >= 15 is 0 Å². The van der Waals surface area contributed by atoms with E-state index in [1.165, 1.54) is 16.4 Å². The van der Waals surface area contributed by atoms with Crippen molar-refractivity contribution in [3.05, 3.63) is 76.3 Å². The van der Waals surface area contributed by atoms with Gasteiger partial charge in [0.1, 0.15) is 4.90 Å². The number of halogens is 2. The van der Waals surface area contributed by atoms with Crippen molar-refractivity contribution in [3.63, 3.8) is 0 Å². The number of fused-ring (bicyclic) bond motifs is 1. The molecule has 32 heavy (non-hydrogen) atoms. The summed E-state index contributed by atoms with van der Waals surface area (Å²) in [5.74, 6) is -0.289. The third kappa shape index (κ3) is 4.79. The normalized spacial score (nSPS) is 16.7. The summed E-state index contributed by atoms with van der Waals surface area (Å²) in [6.45, 7) is 2.48. The molecule has 3 aromatic rings. The smallest absolute Gasteiger partial charge is 0.244 e. The van der Waals surface area contributed by atoms with Crippen LogP contribution < -0.4 is 5.32 Å². The summed E-state index contributed by atoms with van der Waals surface area (Å²) in [7, 11) is -3.77. The Balaban J connectivity index is 1.39. The maximum Gasteiger partial charge on any atom is 0.244 e. The van der Waals surface area contributed by atoms with E-state index in [4.69, 9.17) is 23.2 Å². The average Bonchev–Trinajstić information content (AvgIpc) is 2.80. The van der Waals surface area contributed by atoms with Gasteiger partial charge in [-0.2, -0.15) is 4.31 Å². The van der Waals surface area contributed by atoms with Crippen molar-refractivity contribution in [2.24, 2.45) is 5.92 Å². The first-order valence-corrected chi connectivity index (χ1v) is 12.7. The number of benzene rings is 3. The standard InChI is InChI=1S/C24H24Cl2N2O3S/c1-16(19-7-6-17-4-2-3-5-20(17)14-19)27-24(29)18-10-12-28(13-11-18)32(30,31)23-15-21(25)8-9-22(23)26/h2-9,14-16,18H,10-13H2,1H3,(H,27,29). The van der Waals surface area contributed by atoms with E-state index in [-0.39, 0.29) is 40.9 Å². The zero-order valence-electron chi connectivity index (χ0n) is 17.6. The van der Waals surface area contributed by atoms with Gasteiger partial charge in [0.25, 0.3) is 0 Å². The highest BCUT2D eigenvalue weighted by atomic mass is 35.5. The molecule has 0 radical (unpaired) electrons. The Morgan fingerprint density at radius 1 is 1.00 bits per heavy atom. The minimum atomic E-state index is -3.77. The van der Waals surface area contributed by atoms with Gasteiger partial charge < -0.3 is 5.32 Å². The third-order valence-corrected chi connectivity index (χ3v) is 8.58. The molecule has 1 unspecified atom stereocenters. The molecule has 0 aliphatic carbocycles. The lowest BCUT2D eigenvalue weighted by atomic mass is 9.96. The van der Waals surface area contributed by atoms with Gasteiger partial charge in [-0.05, 0) is 60.4 Å². The molecule has 0 aromatic heterocycles. The van der Waals surface area contributed by atoms with Crippen LogP contribution in [-0.2, 0) is 14.8 Å². The second-order valence-electron chi connectivity index (χ2n) is 8.09. The molecule has 1 aliphatic heterocycles. The Hall–Kier alpha value is -2.12. The fraction of sp³-hybridized carbons (Fsp3) is 0.292. The van der Waals surface area contributed by atoms with Gasteiger partial charge in [-0.3, -0.25) is 4.79 Å². The van der Waals surface area contributed by atoms with Gasteiger partial charge in [0, 0.05) is 24.0 Å². The molecule has 8 heteroatoms. The molecular weight excluding hydrogens is 467 g/mol. The van der Waals surface area contributed by atoms with Gasteiger partial charge in [-0.15, -0.1) is 0 Å². The number of amides is 1. The van der Waals surface area contributed by atoms with Gasteiger partial charge >= 0.3 is 0 Å². The highest BCUT2D eigenvalue weighted by molar-refractivity contribution is 7.89. The first kappa shape index (κ1) is 23.1. The number of nitrogens with zero attached hydrogens (tertiary/aromatic N) is 1. The molecule has 0 bridgehead atoms. The summed E-state index contributed by atoms with van der Waals surface area (Å²) in [5, 5.41) is 5.82. The van der Waals surface area contributed by atoms with Crippen LogP contribution in [0.5, 0.6) is 0 Å². The van der Waals surface area contributed by atoms with E-state index < -0.39 is 10.0 Å². The van der Waals surface area contributed by atoms with Gasteiger partial charge in [-0.25, -0.2) is 8.42 Å². The number of piperidine rings is 1. The fourth-order valence-corrected chi connectivity index (χ4v) is 6.27. The van der Waals surface area contributed by atoms with Crippen LogP contribution in [0.4, 0.5) is 0 Å². The largest absolute Gasteiger partial charge is 0.349 e. The Labute approximate surface area is 198 Å². The second kappa shape index (κ2) is 9.40. The van der Waals surface area contributed by atoms with Gasteiger partial charge in [0.05, 0.1) is 11.1 Å². The van der Waals surface area contributed by atoms with Crippen molar-refractivity contribution in [1.29, 1.82) is 0 Å². The molecule has 1 N–H and O–H groups in total. The van der Waals surface area contributed by atoms with Crippen LogP contribution in [-0.4, -0.2) is 31.7 Å². The van der Waals surface area contributed by atoms with Gasteiger partial charge in [0.2, 0.25) is 15.9 Å². The zero-order valence-corrected chi connectivity index (χ0v) is 19.9.